The molecule has 152 valence electrons. The third-order valence-electron chi connectivity index (χ3n) is 5.29. The summed E-state index contributed by atoms with van der Waals surface area (Å²) in [5, 5.41) is 3.44. The van der Waals surface area contributed by atoms with Crippen LogP contribution in [0.15, 0.2) is 53.4 Å². The molecule has 0 spiro atoms. The molecule has 2 aromatic rings. The summed E-state index contributed by atoms with van der Waals surface area (Å²) in [7, 11) is -4.46. The van der Waals surface area contributed by atoms with Crippen LogP contribution in [0.2, 0.25) is 0 Å². The molecular weight excluding hydrogens is 411 g/mol. The van der Waals surface area contributed by atoms with E-state index >= 15 is 0 Å². The Morgan fingerprint density at radius 1 is 1.00 bits per heavy atom. The van der Waals surface area contributed by atoms with Gasteiger partial charge in [0.15, 0.2) is 0 Å². The second-order valence-electron chi connectivity index (χ2n) is 7.46. The minimum Gasteiger partial charge on any atom is -0.744 e. The number of nitrogens with zero attached hydrogens (tertiary/aromatic N) is 1. The van der Waals surface area contributed by atoms with Crippen LogP contribution in [0.5, 0.6) is 0 Å². The van der Waals surface area contributed by atoms with Gasteiger partial charge in [-0.1, -0.05) is 69.4 Å². The first-order chi connectivity index (χ1) is 13.5. The maximum Gasteiger partial charge on any atom is 1.00 e. The summed E-state index contributed by atoms with van der Waals surface area (Å²) in [5.41, 5.74) is 2.88. The zero-order chi connectivity index (χ0) is 20.0. The molecule has 1 N–H and O–H groups in total. The molecule has 0 saturated heterocycles. The van der Waals surface area contributed by atoms with Crippen LogP contribution < -0.4 is 61.6 Å². The minimum absolute atomic E-state index is 0. The summed E-state index contributed by atoms with van der Waals surface area (Å²) < 4.78 is 34.2. The number of benzene rings is 2. The van der Waals surface area contributed by atoms with E-state index in [2.05, 4.69) is 29.3 Å². The molecular formula is C22H29KN2O3S. The van der Waals surface area contributed by atoms with E-state index in [9.17, 15) is 13.0 Å². The first-order valence-electron chi connectivity index (χ1n) is 10.2. The fraction of sp³-hybridized carbons (Fsp3) is 0.455. The van der Waals surface area contributed by atoms with Crippen molar-refractivity contribution in [2.24, 2.45) is 0 Å². The van der Waals surface area contributed by atoms with Crippen LogP contribution in [-0.2, 0) is 16.7 Å². The van der Waals surface area contributed by atoms with Crippen LogP contribution in [0.3, 0.4) is 0 Å². The van der Waals surface area contributed by atoms with Crippen LogP contribution in [0.25, 0.3) is 0 Å². The Balaban J connectivity index is 0.00000300. The number of hydrogen-bond acceptors (Lipinski definition) is 5. The predicted molar refractivity (Wildman–Crippen MR) is 112 cm³/mol. The molecule has 7 heteroatoms. The Morgan fingerprint density at radius 3 is 2.38 bits per heavy atom. The summed E-state index contributed by atoms with van der Waals surface area (Å²) in [4.78, 5) is 2.09. The van der Waals surface area contributed by atoms with Crippen molar-refractivity contribution in [2.75, 3.05) is 10.2 Å². The molecule has 1 aliphatic rings. The maximum atomic E-state index is 11.4. The van der Waals surface area contributed by atoms with Gasteiger partial charge < -0.3 is 14.8 Å². The van der Waals surface area contributed by atoms with Crippen LogP contribution >= 0.6 is 0 Å². The zero-order valence-electron chi connectivity index (χ0n) is 17.4. The van der Waals surface area contributed by atoms with E-state index in [4.69, 9.17) is 0 Å². The molecule has 2 aromatic carbocycles. The van der Waals surface area contributed by atoms with Gasteiger partial charge in [0, 0.05) is 6.54 Å². The Labute approximate surface area is 217 Å². The van der Waals surface area contributed by atoms with E-state index in [-0.39, 0.29) is 62.4 Å². The van der Waals surface area contributed by atoms with Crippen LogP contribution in [0.1, 0.15) is 57.4 Å². The molecule has 0 saturated carbocycles. The largest absolute Gasteiger partial charge is 1.00 e. The van der Waals surface area contributed by atoms with Crippen molar-refractivity contribution in [3.05, 3.63) is 54.1 Å². The van der Waals surface area contributed by atoms with E-state index in [1.165, 1.54) is 49.8 Å². The first-order valence-corrected chi connectivity index (χ1v) is 11.6. The minimum atomic E-state index is -4.46. The van der Waals surface area contributed by atoms with Crippen LogP contribution in [-0.4, -0.2) is 19.1 Å². The molecule has 1 heterocycles. The average Bonchev–Trinajstić information content (AvgIpc) is 3.01. The third-order valence-corrected chi connectivity index (χ3v) is 6.12. The Bertz CT molecular complexity index is 875. The van der Waals surface area contributed by atoms with Gasteiger partial charge in [0.1, 0.15) is 10.1 Å². The molecule has 0 fully saturated rings. The Hall–Kier alpha value is -0.414. The molecule has 5 nitrogen and oxygen atoms in total. The summed E-state index contributed by atoms with van der Waals surface area (Å²) in [6, 6.07) is 14.9. The summed E-state index contributed by atoms with van der Waals surface area (Å²) in [6.45, 7) is 2.96. The number of hydrogen-bond donors (Lipinski definition) is 1. The average molecular weight is 441 g/mol. The SMILES string of the molecule is CCCCCCCCC1Nc2cc(S(=O)(=O)[O-])ccc2N1Cc1ccccc1.[K+]. The third kappa shape index (κ3) is 7.06. The van der Waals surface area contributed by atoms with Gasteiger partial charge >= 0.3 is 51.4 Å². The standard InChI is InChI=1S/C22H30N2O3S.K/c1-2-3-4-5-6-10-13-22-23-20-16-19(28(25,26)27)14-15-21(20)24(22)17-18-11-8-7-9-12-18;/h7-9,11-12,14-16,22-23H,2-6,10,13,17H2,1H3,(H,25,26,27);/q;+1/p-1. The van der Waals surface area contributed by atoms with Crippen LogP contribution in [0.4, 0.5) is 11.4 Å². The molecule has 1 unspecified atom stereocenters. The number of fused-ring (bicyclic) bond motifs is 1. The molecule has 29 heavy (non-hydrogen) atoms. The summed E-state index contributed by atoms with van der Waals surface area (Å²) in [5.74, 6) is 0. The van der Waals surface area contributed by atoms with Gasteiger partial charge in [-0.2, -0.15) is 0 Å². The van der Waals surface area contributed by atoms with Gasteiger partial charge in [-0.15, -0.1) is 0 Å². The van der Waals surface area contributed by atoms with Crippen molar-refractivity contribution in [1.29, 1.82) is 0 Å². The molecule has 3 rings (SSSR count). The fourth-order valence-electron chi connectivity index (χ4n) is 3.78. The van der Waals surface area contributed by atoms with Crippen molar-refractivity contribution in [1.82, 2.24) is 0 Å². The van der Waals surface area contributed by atoms with Crippen molar-refractivity contribution in [3.8, 4) is 0 Å². The van der Waals surface area contributed by atoms with E-state index in [1.807, 2.05) is 18.2 Å². The molecule has 0 amide bonds. The van der Waals surface area contributed by atoms with Gasteiger partial charge in [-0.3, -0.25) is 0 Å². The van der Waals surface area contributed by atoms with Crippen molar-refractivity contribution < 1.29 is 64.4 Å². The van der Waals surface area contributed by atoms with E-state index < -0.39 is 10.1 Å². The molecule has 1 atom stereocenters. The molecule has 0 aromatic heterocycles. The van der Waals surface area contributed by atoms with E-state index in [0.29, 0.717) is 0 Å². The Kier molecular flexibility index (Phi) is 10.1. The number of rotatable bonds is 10. The van der Waals surface area contributed by atoms with Gasteiger partial charge in [-0.05, 0) is 36.6 Å². The van der Waals surface area contributed by atoms with Crippen molar-refractivity contribution in [3.63, 3.8) is 0 Å². The van der Waals surface area contributed by atoms with Crippen molar-refractivity contribution >= 4 is 21.5 Å². The summed E-state index contributed by atoms with van der Waals surface area (Å²) >= 11 is 0. The van der Waals surface area contributed by atoms with Gasteiger partial charge in [0.2, 0.25) is 0 Å². The predicted octanol–water partition coefficient (Wildman–Crippen LogP) is 2.10. The van der Waals surface area contributed by atoms with Crippen LogP contribution in [0, 0.1) is 0 Å². The fourth-order valence-corrected chi connectivity index (χ4v) is 4.28. The summed E-state index contributed by atoms with van der Waals surface area (Å²) in [6.07, 6.45) is 8.48. The van der Waals surface area contributed by atoms with Gasteiger partial charge in [0.25, 0.3) is 0 Å². The molecule has 0 aliphatic carbocycles. The van der Waals surface area contributed by atoms with Gasteiger partial charge in [-0.25, -0.2) is 8.42 Å². The molecule has 1 aliphatic heterocycles. The first kappa shape index (κ1) is 24.9. The van der Waals surface area contributed by atoms with Crippen molar-refractivity contribution in [2.45, 2.75) is 69.5 Å². The maximum absolute atomic E-state index is 11.4. The van der Waals surface area contributed by atoms with E-state index in [1.54, 1.807) is 6.07 Å². The monoisotopic (exact) mass is 440 g/mol. The zero-order valence-corrected chi connectivity index (χ0v) is 21.4. The molecule has 0 radical (unpaired) electrons. The second kappa shape index (κ2) is 11.8. The quantitative estimate of drug-likeness (QED) is 0.348. The number of unbranched alkanes of at least 4 members (excludes halogenated alkanes) is 5. The smallest absolute Gasteiger partial charge is 0.744 e. The number of nitrogens with one attached hydrogen (secondary N) is 1. The topological polar surface area (TPSA) is 72.5 Å². The second-order valence-corrected chi connectivity index (χ2v) is 8.84. The normalized spacial score (nSPS) is 15.5. The number of anilines is 2. The van der Waals surface area contributed by atoms with Gasteiger partial charge in [0.05, 0.1) is 22.4 Å². The van der Waals surface area contributed by atoms with E-state index in [0.717, 1.165) is 30.8 Å². The molecule has 0 bridgehead atoms. The Morgan fingerprint density at radius 2 is 1.69 bits per heavy atom.